The number of aromatic nitrogens is 2. The molecule has 124 valence electrons. The number of hydrogen-bond acceptors (Lipinski definition) is 4. The number of alkyl halides is 3. The number of carbonyl (C=O) groups is 1. The molecule has 24 heavy (non-hydrogen) atoms. The number of thiazole rings is 1. The highest BCUT2D eigenvalue weighted by atomic mass is 32.2. The van der Waals surface area contributed by atoms with Gasteiger partial charge in [0, 0.05) is 22.5 Å². The first-order valence-electron chi connectivity index (χ1n) is 6.56. The van der Waals surface area contributed by atoms with E-state index < -0.39 is 17.7 Å². The molecule has 4 nitrogen and oxygen atoms in total. The zero-order valence-corrected chi connectivity index (χ0v) is 13.5. The van der Waals surface area contributed by atoms with Gasteiger partial charge in [-0.05, 0) is 24.3 Å². The Morgan fingerprint density at radius 1 is 1.38 bits per heavy atom. The molecule has 0 radical (unpaired) electrons. The van der Waals surface area contributed by atoms with Gasteiger partial charge in [0.05, 0.1) is 11.3 Å². The summed E-state index contributed by atoms with van der Waals surface area (Å²) in [6.45, 7) is 0. The van der Waals surface area contributed by atoms with Crippen molar-refractivity contribution in [3.63, 3.8) is 0 Å². The molecule has 0 saturated heterocycles. The first-order chi connectivity index (χ1) is 11.3. The smallest absolute Gasteiger partial charge is 0.416 e. The molecule has 2 aromatic heterocycles. The van der Waals surface area contributed by atoms with Gasteiger partial charge < -0.3 is 5.11 Å². The Kier molecular flexibility index (Phi) is 4.37. The van der Waals surface area contributed by atoms with Crippen LogP contribution in [0.5, 0.6) is 0 Å². The highest BCUT2D eigenvalue weighted by Crippen LogP contribution is 2.36. The normalized spacial score (nSPS) is 12.3. The van der Waals surface area contributed by atoms with Gasteiger partial charge in [-0.25, -0.2) is 9.78 Å². The Balaban J connectivity index is 2.00. The standard InChI is InChI=1S/C15H9F3N2O2S2/c16-15(17,18)9-2-1-3-10(8-9)24-13-11(4-5-12(21)22)20-6-7-23-14(20)19-13/h1-8H,(H,21,22)/b5-4+. The number of nitrogens with zero attached hydrogens (tertiary/aromatic N) is 2. The monoisotopic (exact) mass is 370 g/mol. The molecule has 3 aromatic rings. The molecule has 9 heteroatoms. The van der Waals surface area contributed by atoms with Crippen LogP contribution >= 0.6 is 23.1 Å². The van der Waals surface area contributed by atoms with Crippen LogP contribution in [0.25, 0.3) is 11.0 Å². The molecule has 0 saturated carbocycles. The van der Waals surface area contributed by atoms with Crippen molar-refractivity contribution in [3.8, 4) is 0 Å². The van der Waals surface area contributed by atoms with Gasteiger partial charge in [0.2, 0.25) is 0 Å². The van der Waals surface area contributed by atoms with E-state index in [4.69, 9.17) is 5.11 Å². The molecular formula is C15H9F3N2O2S2. The van der Waals surface area contributed by atoms with E-state index in [1.807, 2.05) is 0 Å². The van der Waals surface area contributed by atoms with E-state index >= 15 is 0 Å². The number of hydrogen-bond donors (Lipinski definition) is 1. The second-order valence-electron chi connectivity index (χ2n) is 4.66. The lowest BCUT2D eigenvalue weighted by molar-refractivity contribution is -0.137. The van der Waals surface area contributed by atoms with Crippen molar-refractivity contribution in [1.29, 1.82) is 0 Å². The summed E-state index contributed by atoms with van der Waals surface area (Å²) in [5, 5.41) is 11.0. The highest BCUT2D eigenvalue weighted by Gasteiger charge is 2.30. The predicted molar refractivity (Wildman–Crippen MR) is 85.3 cm³/mol. The molecular weight excluding hydrogens is 361 g/mol. The van der Waals surface area contributed by atoms with Gasteiger partial charge in [-0.3, -0.25) is 4.40 Å². The van der Waals surface area contributed by atoms with Crippen molar-refractivity contribution < 1.29 is 23.1 Å². The van der Waals surface area contributed by atoms with Crippen LogP contribution in [0.2, 0.25) is 0 Å². The van der Waals surface area contributed by atoms with Crippen molar-refractivity contribution in [2.45, 2.75) is 16.1 Å². The van der Waals surface area contributed by atoms with Crippen molar-refractivity contribution in [3.05, 3.63) is 53.2 Å². The third kappa shape index (κ3) is 3.46. The van der Waals surface area contributed by atoms with Crippen LogP contribution in [0.3, 0.4) is 0 Å². The minimum absolute atomic E-state index is 0.376. The van der Waals surface area contributed by atoms with Crippen molar-refractivity contribution in [1.82, 2.24) is 9.38 Å². The molecule has 3 rings (SSSR count). The summed E-state index contributed by atoms with van der Waals surface area (Å²) in [5.41, 5.74) is -0.229. The van der Waals surface area contributed by atoms with E-state index in [9.17, 15) is 18.0 Å². The topological polar surface area (TPSA) is 54.6 Å². The lowest BCUT2D eigenvalue weighted by Gasteiger charge is -2.08. The maximum Gasteiger partial charge on any atom is 0.416 e. The maximum atomic E-state index is 12.8. The van der Waals surface area contributed by atoms with Crippen molar-refractivity contribution in [2.24, 2.45) is 0 Å². The maximum absolute atomic E-state index is 12.8. The SMILES string of the molecule is O=C(O)/C=C/c1c(Sc2cccc(C(F)(F)F)c2)nc2sccn12. The molecule has 0 aliphatic heterocycles. The molecule has 0 bridgehead atoms. The van der Waals surface area contributed by atoms with Crippen LogP contribution in [0.1, 0.15) is 11.3 Å². The number of imidazole rings is 1. The minimum Gasteiger partial charge on any atom is -0.478 e. The summed E-state index contributed by atoms with van der Waals surface area (Å²) in [7, 11) is 0. The van der Waals surface area contributed by atoms with Crippen LogP contribution in [0, 0.1) is 0 Å². The van der Waals surface area contributed by atoms with Crippen LogP contribution in [-0.2, 0) is 11.0 Å². The average molecular weight is 370 g/mol. The van der Waals surface area contributed by atoms with E-state index in [1.165, 1.54) is 23.5 Å². The first kappa shape index (κ1) is 16.6. The summed E-state index contributed by atoms with van der Waals surface area (Å²) < 4.78 is 40.1. The molecule has 0 spiro atoms. The molecule has 0 amide bonds. The van der Waals surface area contributed by atoms with Crippen molar-refractivity contribution >= 4 is 40.1 Å². The zero-order valence-electron chi connectivity index (χ0n) is 11.8. The van der Waals surface area contributed by atoms with E-state index in [1.54, 1.807) is 22.0 Å². The average Bonchev–Trinajstić information content (AvgIpc) is 3.05. The number of halogens is 3. The Morgan fingerprint density at radius 3 is 2.88 bits per heavy atom. The summed E-state index contributed by atoms with van der Waals surface area (Å²) in [5.74, 6) is -1.12. The molecule has 1 aromatic carbocycles. The first-order valence-corrected chi connectivity index (χ1v) is 8.26. The van der Waals surface area contributed by atoms with Crippen LogP contribution in [0.4, 0.5) is 13.2 Å². The highest BCUT2D eigenvalue weighted by molar-refractivity contribution is 7.99. The largest absolute Gasteiger partial charge is 0.478 e. The number of carboxylic acids is 1. The summed E-state index contributed by atoms with van der Waals surface area (Å²) >= 11 is 2.41. The lowest BCUT2D eigenvalue weighted by atomic mass is 10.2. The van der Waals surface area contributed by atoms with Gasteiger partial charge in [0.25, 0.3) is 0 Å². The Bertz CT molecular complexity index is 928. The van der Waals surface area contributed by atoms with Gasteiger partial charge in [-0.15, -0.1) is 11.3 Å². The van der Waals surface area contributed by atoms with Crippen molar-refractivity contribution in [2.75, 3.05) is 0 Å². The summed E-state index contributed by atoms with van der Waals surface area (Å²) in [4.78, 5) is 16.1. The number of rotatable bonds is 4. The third-order valence-corrected chi connectivity index (χ3v) is 4.76. The summed E-state index contributed by atoms with van der Waals surface area (Å²) in [6.07, 6.45) is -0.343. The van der Waals surface area contributed by atoms with E-state index in [2.05, 4.69) is 4.98 Å². The second kappa shape index (κ2) is 6.33. The van der Waals surface area contributed by atoms with E-state index in [-0.39, 0.29) is 0 Å². The molecule has 1 N–H and O–H groups in total. The Labute approximate surface area is 142 Å². The van der Waals surface area contributed by atoms with E-state index in [0.29, 0.717) is 20.6 Å². The number of aliphatic carboxylic acids is 1. The van der Waals surface area contributed by atoms with Gasteiger partial charge in [0.1, 0.15) is 5.03 Å². The van der Waals surface area contributed by atoms with Gasteiger partial charge in [0.15, 0.2) is 4.96 Å². The van der Waals surface area contributed by atoms with E-state index in [0.717, 1.165) is 30.0 Å². The molecule has 0 atom stereocenters. The second-order valence-corrected chi connectivity index (χ2v) is 6.59. The van der Waals surface area contributed by atoms with Gasteiger partial charge >= 0.3 is 12.1 Å². The molecule has 0 fully saturated rings. The fraction of sp³-hybridized carbons (Fsp3) is 0.0667. The van der Waals surface area contributed by atoms with Gasteiger partial charge in [-0.1, -0.05) is 17.8 Å². The fourth-order valence-corrected chi connectivity index (χ4v) is 3.75. The van der Waals surface area contributed by atoms with Gasteiger partial charge in [-0.2, -0.15) is 13.2 Å². The third-order valence-electron chi connectivity index (χ3n) is 3.02. The number of fused-ring (bicyclic) bond motifs is 1. The van der Waals surface area contributed by atoms with Crippen LogP contribution in [0.15, 0.2) is 51.8 Å². The summed E-state index contributed by atoms with van der Waals surface area (Å²) in [6, 6.07) is 4.93. The Morgan fingerprint density at radius 2 is 2.17 bits per heavy atom. The fourth-order valence-electron chi connectivity index (χ4n) is 2.01. The quantitative estimate of drug-likeness (QED) is 0.679. The molecule has 0 aliphatic carbocycles. The molecule has 0 unspecified atom stereocenters. The predicted octanol–water partition coefficient (Wildman–Crippen LogP) is 4.66. The molecule has 2 heterocycles. The minimum atomic E-state index is -4.42. The number of benzene rings is 1. The molecule has 0 aliphatic rings. The zero-order chi connectivity index (χ0) is 17.3. The van der Waals surface area contributed by atoms with Crippen LogP contribution < -0.4 is 0 Å². The van der Waals surface area contributed by atoms with Crippen LogP contribution in [-0.4, -0.2) is 20.5 Å². The number of carboxylic acid groups (broad SMARTS) is 1. The lowest BCUT2D eigenvalue weighted by Crippen LogP contribution is -2.04. The Hall–Kier alpha value is -2.26.